The van der Waals surface area contributed by atoms with E-state index in [0.717, 1.165) is 0 Å². The van der Waals surface area contributed by atoms with Crippen LogP contribution < -0.4 is 9.47 Å². The maximum absolute atomic E-state index is 12.1. The summed E-state index contributed by atoms with van der Waals surface area (Å²) in [7, 11) is 3.05. The fourth-order valence-electron chi connectivity index (χ4n) is 1.79. The maximum Gasteiger partial charge on any atom is 0.305 e. The summed E-state index contributed by atoms with van der Waals surface area (Å²) in [5.74, 6) is 0.745. The minimum Gasteiger partial charge on any atom is -0.497 e. The molecule has 0 bridgehead atoms. The molecule has 0 spiro atoms. The number of ketones is 1. The zero-order chi connectivity index (χ0) is 15.0. The minimum atomic E-state index is -0.280. The van der Waals surface area contributed by atoms with E-state index in [1.165, 1.54) is 14.2 Å². The van der Waals surface area contributed by atoms with Crippen LogP contribution in [0.15, 0.2) is 18.2 Å². The zero-order valence-electron chi connectivity index (χ0n) is 12.1. The molecule has 1 aromatic carbocycles. The number of carbonyl (C=O) groups excluding carboxylic acids is 2. The van der Waals surface area contributed by atoms with Crippen LogP contribution >= 0.6 is 0 Å². The van der Waals surface area contributed by atoms with E-state index >= 15 is 0 Å². The third kappa shape index (κ3) is 4.57. The molecular weight excluding hydrogens is 260 g/mol. The van der Waals surface area contributed by atoms with Gasteiger partial charge in [0.2, 0.25) is 0 Å². The van der Waals surface area contributed by atoms with Crippen molar-refractivity contribution in [3.63, 3.8) is 0 Å². The second kappa shape index (κ2) is 8.19. The van der Waals surface area contributed by atoms with Crippen molar-refractivity contribution >= 4 is 11.8 Å². The van der Waals surface area contributed by atoms with E-state index in [1.807, 2.05) is 0 Å². The molecule has 0 saturated carbocycles. The average molecular weight is 280 g/mol. The molecule has 0 heterocycles. The summed E-state index contributed by atoms with van der Waals surface area (Å²) < 4.78 is 15.1. The Balaban J connectivity index is 2.64. The van der Waals surface area contributed by atoms with Crippen molar-refractivity contribution in [3.05, 3.63) is 23.8 Å². The Morgan fingerprint density at radius 3 is 2.45 bits per heavy atom. The molecule has 1 aromatic rings. The van der Waals surface area contributed by atoms with Gasteiger partial charge in [0.25, 0.3) is 0 Å². The molecule has 0 unspecified atom stereocenters. The molecule has 0 aliphatic heterocycles. The molecule has 1 rings (SSSR count). The Hall–Kier alpha value is -2.04. The fourth-order valence-corrected chi connectivity index (χ4v) is 1.79. The molecule has 0 aliphatic rings. The van der Waals surface area contributed by atoms with E-state index in [9.17, 15) is 9.59 Å². The van der Waals surface area contributed by atoms with Gasteiger partial charge < -0.3 is 14.2 Å². The monoisotopic (exact) mass is 280 g/mol. The molecule has 0 N–H and O–H groups in total. The highest BCUT2D eigenvalue weighted by Crippen LogP contribution is 2.25. The van der Waals surface area contributed by atoms with Crippen molar-refractivity contribution in [3.8, 4) is 11.5 Å². The third-order valence-corrected chi connectivity index (χ3v) is 2.80. The van der Waals surface area contributed by atoms with Gasteiger partial charge in [-0.05, 0) is 31.5 Å². The number of Topliss-reactive ketones (excluding diaryl/α,β-unsaturated/α-hetero) is 1. The van der Waals surface area contributed by atoms with Crippen LogP contribution in [0.4, 0.5) is 0 Å². The summed E-state index contributed by atoms with van der Waals surface area (Å²) in [5.41, 5.74) is 0.468. The Kier molecular flexibility index (Phi) is 6.56. The molecule has 0 atom stereocenters. The number of hydrogen-bond acceptors (Lipinski definition) is 5. The molecule has 0 radical (unpaired) electrons. The summed E-state index contributed by atoms with van der Waals surface area (Å²) in [6, 6.07) is 5.07. The summed E-state index contributed by atoms with van der Waals surface area (Å²) in [5, 5.41) is 0. The quantitative estimate of drug-likeness (QED) is 0.541. The van der Waals surface area contributed by atoms with Crippen LogP contribution in [0.5, 0.6) is 11.5 Å². The predicted molar refractivity (Wildman–Crippen MR) is 74.4 cm³/mol. The van der Waals surface area contributed by atoms with Crippen molar-refractivity contribution in [2.24, 2.45) is 0 Å². The molecule has 0 fully saturated rings. The first kappa shape index (κ1) is 16.0. The maximum atomic E-state index is 12.1. The van der Waals surface area contributed by atoms with Gasteiger partial charge in [0.1, 0.15) is 11.5 Å². The highest BCUT2D eigenvalue weighted by Gasteiger charge is 2.14. The normalized spacial score (nSPS) is 9.95. The topological polar surface area (TPSA) is 61.8 Å². The minimum absolute atomic E-state index is 0.0787. The van der Waals surface area contributed by atoms with Crippen molar-refractivity contribution in [1.82, 2.24) is 0 Å². The van der Waals surface area contributed by atoms with E-state index in [2.05, 4.69) is 0 Å². The lowest BCUT2D eigenvalue weighted by Crippen LogP contribution is -2.07. The van der Waals surface area contributed by atoms with Gasteiger partial charge in [0.15, 0.2) is 5.78 Å². The molecular formula is C15H20O5. The highest BCUT2D eigenvalue weighted by molar-refractivity contribution is 5.99. The molecule has 110 valence electrons. The average Bonchev–Trinajstić information content (AvgIpc) is 2.46. The fraction of sp³-hybridized carbons (Fsp3) is 0.467. The van der Waals surface area contributed by atoms with Crippen LogP contribution in [0.3, 0.4) is 0 Å². The second-order valence-electron chi connectivity index (χ2n) is 4.15. The van der Waals surface area contributed by atoms with Gasteiger partial charge in [0, 0.05) is 12.8 Å². The van der Waals surface area contributed by atoms with E-state index < -0.39 is 0 Å². The van der Waals surface area contributed by atoms with Crippen LogP contribution in [0, 0.1) is 0 Å². The summed E-state index contributed by atoms with van der Waals surface area (Å²) in [4.78, 5) is 23.4. The lowest BCUT2D eigenvalue weighted by Gasteiger charge is -2.09. The smallest absolute Gasteiger partial charge is 0.305 e. The number of esters is 1. The van der Waals surface area contributed by atoms with Gasteiger partial charge in [0.05, 0.1) is 26.4 Å². The van der Waals surface area contributed by atoms with Crippen molar-refractivity contribution in [1.29, 1.82) is 0 Å². The third-order valence-electron chi connectivity index (χ3n) is 2.80. The van der Waals surface area contributed by atoms with E-state index in [1.54, 1.807) is 25.1 Å². The van der Waals surface area contributed by atoms with Gasteiger partial charge in [-0.1, -0.05) is 0 Å². The van der Waals surface area contributed by atoms with Crippen molar-refractivity contribution < 1.29 is 23.8 Å². The number of methoxy groups -OCH3 is 2. The van der Waals surface area contributed by atoms with Gasteiger partial charge in [-0.25, -0.2) is 0 Å². The first-order chi connectivity index (χ1) is 9.62. The molecule has 0 amide bonds. The van der Waals surface area contributed by atoms with E-state index in [0.29, 0.717) is 30.1 Å². The number of benzene rings is 1. The first-order valence-electron chi connectivity index (χ1n) is 6.53. The van der Waals surface area contributed by atoms with E-state index in [-0.39, 0.29) is 24.6 Å². The zero-order valence-corrected chi connectivity index (χ0v) is 12.1. The SMILES string of the molecule is CCOC(=O)CCCC(=O)c1cc(OC)ccc1OC. The molecule has 5 nitrogen and oxygen atoms in total. The lowest BCUT2D eigenvalue weighted by atomic mass is 10.0. The van der Waals surface area contributed by atoms with Crippen LogP contribution in [-0.4, -0.2) is 32.6 Å². The molecule has 0 aliphatic carbocycles. The Morgan fingerprint density at radius 2 is 1.85 bits per heavy atom. The van der Waals surface area contributed by atoms with Gasteiger partial charge in [-0.15, -0.1) is 0 Å². The summed E-state index contributed by atoms with van der Waals surface area (Å²) in [6.07, 6.45) is 0.965. The lowest BCUT2D eigenvalue weighted by molar-refractivity contribution is -0.143. The largest absolute Gasteiger partial charge is 0.497 e. The molecule has 20 heavy (non-hydrogen) atoms. The van der Waals surface area contributed by atoms with Crippen molar-refractivity contribution in [2.45, 2.75) is 26.2 Å². The summed E-state index contributed by atoms with van der Waals surface area (Å²) in [6.45, 7) is 2.11. The molecule has 5 heteroatoms. The second-order valence-corrected chi connectivity index (χ2v) is 4.15. The summed E-state index contributed by atoms with van der Waals surface area (Å²) >= 11 is 0. The Morgan fingerprint density at radius 1 is 1.10 bits per heavy atom. The van der Waals surface area contributed by atoms with Crippen LogP contribution in [0.1, 0.15) is 36.5 Å². The van der Waals surface area contributed by atoms with Gasteiger partial charge >= 0.3 is 5.97 Å². The number of rotatable bonds is 8. The van der Waals surface area contributed by atoms with E-state index in [4.69, 9.17) is 14.2 Å². The van der Waals surface area contributed by atoms with Crippen molar-refractivity contribution in [2.75, 3.05) is 20.8 Å². The first-order valence-corrected chi connectivity index (χ1v) is 6.53. The molecule has 0 saturated heterocycles. The Labute approximate surface area is 118 Å². The standard InChI is InChI=1S/C15H20O5/c1-4-20-15(17)7-5-6-13(16)12-10-11(18-2)8-9-14(12)19-3/h8-10H,4-7H2,1-3H3. The van der Waals surface area contributed by atoms with Crippen LogP contribution in [0.2, 0.25) is 0 Å². The van der Waals surface area contributed by atoms with Gasteiger partial charge in [-0.2, -0.15) is 0 Å². The predicted octanol–water partition coefficient (Wildman–Crippen LogP) is 2.62. The van der Waals surface area contributed by atoms with Crippen LogP contribution in [-0.2, 0) is 9.53 Å². The van der Waals surface area contributed by atoms with Gasteiger partial charge in [-0.3, -0.25) is 9.59 Å². The number of hydrogen-bond donors (Lipinski definition) is 0. The highest BCUT2D eigenvalue weighted by atomic mass is 16.5. The number of carbonyl (C=O) groups is 2. The Bertz CT molecular complexity index is 467. The molecule has 0 aromatic heterocycles. The van der Waals surface area contributed by atoms with Crippen LogP contribution in [0.25, 0.3) is 0 Å². The number of ether oxygens (including phenoxy) is 3.